The van der Waals surface area contributed by atoms with Gasteiger partial charge >= 0.3 is 0 Å². The second-order valence-corrected chi connectivity index (χ2v) is 8.12. The van der Waals surface area contributed by atoms with Crippen LogP contribution in [0.5, 0.6) is 5.75 Å². The van der Waals surface area contributed by atoms with E-state index in [1.54, 1.807) is 4.90 Å². The third-order valence-electron chi connectivity index (χ3n) is 4.67. The fraction of sp³-hybridized carbons (Fsp3) is 0.217. The maximum absolute atomic E-state index is 13.0. The molecule has 30 heavy (non-hydrogen) atoms. The molecule has 0 bridgehead atoms. The smallest absolute Gasteiger partial charge is 0.266 e. The summed E-state index contributed by atoms with van der Waals surface area (Å²) in [6, 6.07) is 21.9. The molecule has 0 unspecified atom stereocenters. The van der Waals surface area contributed by atoms with Crippen LogP contribution in [0.2, 0.25) is 0 Å². The van der Waals surface area contributed by atoms with Gasteiger partial charge in [-0.25, -0.2) is 4.98 Å². The summed E-state index contributed by atoms with van der Waals surface area (Å²) in [7, 11) is 3.99. The van der Waals surface area contributed by atoms with Crippen LogP contribution in [0.4, 0.5) is 5.13 Å². The van der Waals surface area contributed by atoms with Crippen LogP contribution in [-0.4, -0.2) is 49.6 Å². The Morgan fingerprint density at radius 3 is 2.47 bits per heavy atom. The molecular formula is C23H24ClN3O2S. The predicted molar refractivity (Wildman–Crippen MR) is 127 cm³/mol. The van der Waals surface area contributed by atoms with Gasteiger partial charge in [-0.15, -0.1) is 12.4 Å². The van der Waals surface area contributed by atoms with E-state index in [1.165, 1.54) is 11.3 Å². The van der Waals surface area contributed by atoms with Crippen molar-refractivity contribution in [2.75, 3.05) is 38.7 Å². The first-order chi connectivity index (χ1) is 14.1. The van der Waals surface area contributed by atoms with E-state index in [4.69, 9.17) is 4.74 Å². The normalized spacial score (nSPS) is 10.9. The number of para-hydroxylation sites is 1. The van der Waals surface area contributed by atoms with Gasteiger partial charge in [-0.3, -0.25) is 9.69 Å². The van der Waals surface area contributed by atoms with Gasteiger partial charge in [0.1, 0.15) is 5.75 Å². The number of rotatable bonds is 7. The maximum Gasteiger partial charge on any atom is 0.266 e. The first-order valence-corrected chi connectivity index (χ1v) is 10.3. The number of anilines is 1. The van der Waals surface area contributed by atoms with E-state index in [9.17, 15) is 4.79 Å². The van der Waals surface area contributed by atoms with Crippen molar-refractivity contribution in [3.63, 3.8) is 0 Å². The quantitative estimate of drug-likeness (QED) is 0.411. The Labute approximate surface area is 186 Å². The number of carbonyl (C=O) groups is 1. The van der Waals surface area contributed by atoms with Crippen LogP contribution in [0.1, 0.15) is 0 Å². The Kier molecular flexibility index (Phi) is 7.26. The highest BCUT2D eigenvalue weighted by atomic mass is 35.5. The predicted octanol–water partition coefficient (Wildman–Crippen LogP) is 4.84. The average molecular weight is 442 g/mol. The van der Waals surface area contributed by atoms with Crippen LogP contribution >= 0.6 is 23.7 Å². The molecule has 0 aliphatic carbocycles. The van der Waals surface area contributed by atoms with E-state index in [2.05, 4.69) is 16.0 Å². The summed E-state index contributed by atoms with van der Waals surface area (Å²) in [5.74, 6) is 0.591. The molecular weight excluding hydrogens is 418 g/mol. The lowest BCUT2D eigenvalue weighted by molar-refractivity contribution is -0.120. The van der Waals surface area contributed by atoms with Gasteiger partial charge in [-0.05, 0) is 49.1 Å². The highest BCUT2D eigenvalue weighted by Gasteiger charge is 2.20. The van der Waals surface area contributed by atoms with Gasteiger partial charge in [0.25, 0.3) is 5.91 Å². The van der Waals surface area contributed by atoms with Crippen molar-refractivity contribution in [2.45, 2.75) is 0 Å². The molecule has 1 aromatic heterocycles. The number of fused-ring (bicyclic) bond motifs is 2. The monoisotopic (exact) mass is 441 g/mol. The second-order valence-electron chi connectivity index (χ2n) is 7.11. The van der Waals surface area contributed by atoms with Crippen molar-refractivity contribution in [2.24, 2.45) is 0 Å². The molecule has 4 rings (SSSR count). The third kappa shape index (κ3) is 5.08. The fourth-order valence-corrected chi connectivity index (χ4v) is 4.09. The number of halogens is 1. The van der Waals surface area contributed by atoms with E-state index in [-0.39, 0.29) is 24.9 Å². The van der Waals surface area contributed by atoms with E-state index in [1.807, 2.05) is 74.8 Å². The Hall–Kier alpha value is -2.67. The van der Waals surface area contributed by atoms with E-state index in [0.717, 1.165) is 27.5 Å². The third-order valence-corrected chi connectivity index (χ3v) is 5.73. The lowest BCUT2D eigenvalue weighted by atomic mass is 10.1. The maximum atomic E-state index is 13.0. The van der Waals surface area contributed by atoms with Crippen molar-refractivity contribution in [3.05, 3.63) is 66.7 Å². The number of carbonyl (C=O) groups excluding carboxylic acids is 1. The molecule has 0 fully saturated rings. The Morgan fingerprint density at radius 1 is 0.967 bits per heavy atom. The number of hydrogen-bond acceptors (Lipinski definition) is 5. The van der Waals surface area contributed by atoms with Gasteiger partial charge < -0.3 is 9.64 Å². The summed E-state index contributed by atoms with van der Waals surface area (Å²) < 4.78 is 6.90. The van der Waals surface area contributed by atoms with Gasteiger partial charge in [-0.2, -0.15) is 0 Å². The van der Waals surface area contributed by atoms with Crippen LogP contribution in [0.25, 0.3) is 21.0 Å². The van der Waals surface area contributed by atoms with E-state index >= 15 is 0 Å². The molecule has 0 saturated carbocycles. The summed E-state index contributed by atoms with van der Waals surface area (Å²) in [4.78, 5) is 21.5. The fourth-order valence-electron chi connectivity index (χ4n) is 3.08. The largest absolute Gasteiger partial charge is 0.484 e. The molecule has 0 aliphatic rings. The van der Waals surface area contributed by atoms with Gasteiger partial charge in [0, 0.05) is 13.1 Å². The first-order valence-electron chi connectivity index (χ1n) is 9.52. The lowest BCUT2D eigenvalue weighted by Crippen LogP contribution is -2.39. The standard InChI is InChI=1S/C23H23N3O2S.ClH/c1-25(2)13-14-26(23-24-20-9-5-6-10-21(20)29-23)22(27)16-28-19-12-11-17-7-3-4-8-18(17)15-19;/h3-12,15H,13-14,16H2,1-2H3;1H. The molecule has 0 saturated heterocycles. The first kappa shape index (κ1) is 22.0. The van der Waals surface area contributed by atoms with Crippen molar-refractivity contribution >= 4 is 55.8 Å². The number of benzene rings is 3. The Bertz CT molecular complexity index is 1110. The zero-order valence-corrected chi connectivity index (χ0v) is 18.6. The Morgan fingerprint density at radius 2 is 1.70 bits per heavy atom. The average Bonchev–Trinajstić information content (AvgIpc) is 3.15. The van der Waals surface area contributed by atoms with Crippen molar-refractivity contribution in [3.8, 4) is 5.75 Å². The number of hydrogen-bond donors (Lipinski definition) is 0. The molecule has 3 aromatic carbocycles. The van der Waals surface area contributed by atoms with Crippen LogP contribution in [-0.2, 0) is 4.79 Å². The highest BCUT2D eigenvalue weighted by Crippen LogP contribution is 2.29. The Balaban J connectivity index is 0.00000256. The molecule has 0 spiro atoms. The number of amides is 1. The van der Waals surface area contributed by atoms with Gasteiger partial charge in [0.05, 0.1) is 10.2 Å². The summed E-state index contributed by atoms with van der Waals surface area (Å²) >= 11 is 1.53. The lowest BCUT2D eigenvalue weighted by Gasteiger charge is -2.22. The van der Waals surface area contributed by atoms with Crippen molar-refractivity contribution in [1.82, 2.24) is 9.88 Å². The second kappa shape index (κ2) is 9.89. The summed E-state index contributed by atoms with van der Waals surface area (Å²) in [6.07, 6.45) is 0. The molecule has 7 heteroatoms. The minimum atomic E-state index is -0.0981. The molecule has 156 valence electrons. The molecule has 5 nitrogen and oxygen atoms in total. The summed E-state index contributed by atoms with van der Waals surface area (Å²) in [5.41, 5.74) is 0.908. The topological polar surface area (TPSA) is 45.7 Å². The minimum absolute atomic E-state index is 0. The SMILES string of the molecule is CN(C)CCN(C(=O)COc1ccc2ccccc2c1)c1nc2ccccc2s1.Cl. The number of nitrogens with zero attached hydrogens (tertiary/aromatic N) is 3. The number of thiazole rings is 1. The van der Waals surface area contributed by atoms with Gasteiger partial charge in [0.15, 0.2) is 11.7 Å². The van der Waals surface area contributed by atoms with Crippen molar-refractivity contribution < 1.29 is 9.53 Å². The van der Waals surface area contributed by atoms with Crippen LogP contribution in [0.3, 0.4) is 0 Å². The molecule has 0 atom stereocenters. The minimum Gasteiger partial charge on any atom is -0.484 e. The highest BCUT2D eigenvalue weighted by molar-refractivity contribution is 7.22. The molecule has 0 aliphatic heterocycles. The zero-order chi connectivity index (χ0) is 20.2. The number of likely N-dealkylation sites (N-methyl/N-ethyl adjacent to an activating group) is 1. The van der Waals surface area contributed by atoms with E-state index < -0.39 is 0 Å². The van der Waals surface area contributed by atoms with E-state index in [0.29, 0.717) is 17.4 Å². The molecule has 1 heterocycles. The summed E-state index contributed by atoms with van der Waals surface area (Å²) in [5, 5.41) is 2.95. The molecule has 4 aromatic rings. The number of aromatic nitrogens is 1. The summed E-state index contributed by atoms with van der Waals surface area (Å²) in [6.45, 7) is 1.28. The zero-order valence-electron chi connectivity index (χ0n) is 16.9. The van der Waals surface area contributed by atoms with Crippen LogP contribution < -0.4 is 9.64 Å². The van der Waals surface area contributed by atoms with Crippen molar-refractivity contribution in [1.29, 1.82) is 0 Å². The number of ether oxygens (including phenoxy) is 1. The van der Waals surface area contributed by atoms with Crippen LogP contribution in [0, 0.1) is 0 Å². The van der Waals surface area contributed by atoms with Crippen LogP contribution in [0.15, 0.2) is 66.7 Å². The molecule has 0 N–H and O–H groups in total. The van der Waals surface area contributed by atoms with Gasteiger partial charge in [0.2, 0.25) is 0 Å². The van der Waals surface area contributed by atoms with Gasteiger partial charge in [-0.1, -0.05) is 53.8 Å². The molecule has 1 amide bonds. The molecule has 0 radical (unpaired) electrons.